The summed E-state index contributed by atoms with van der Waals surface area (Å²) in [5.74, 6) is 4.83. The predicted molar refractivity (Wildman–Crippen MR) is 121 cm³/mol. The van der Waals surface area contributed by atoms with Crippen LogP contribution in [0.2, 0.25) is 0 Å². The van der Waals surface area contributed by atoms with Gasteiger partial charge in [0, 0.05) is 10.5 Å². The van der Waals surface area contributed by atoms with Crippen molar-refractivity contribution in [1.29, 1.82) is 0 Å². The summed E-state index contributed by atoms with van der Waals surface area (Å²) in [7, 11) is 0. The second-order valence-electron chi connectivity index (χ2n) is 7.29. The number of hydrogen-bond acceptors (Lipinski definition) is 5. The van der Waals surface area contributed by atoms with Crippen LogP contribution >= 0.6 is 12.0 Å². The number of nitrogens with two attached hydrogens (primary N) is 1. The summed E-state index contributed by atoms with van der Waals surface area (Å²) < 4.78 is 46.5. The van der Waals surface area contributed by atoms with Gasteiger partial charge >= 0.3 is 6.18 Å². The Hall–Kier alpha value is -3.37. The molecule has 4 aromatic carbocycles. The zero-order valence-corrected chi connectivity index (χ0v) is 17.7. The van der Waals surface area contributed by atoms with E-state index in [4.69, 9.17) is 5.90 Å². The molecule has 0 aliphatic heterocycles. The first kappa shape index (κ1) is 21.5. The van der Waals surface area contributed by atoms with Crippen molar-refractivity contribution in [1.82, 2.24) is 9.78 Å². The molecule has 9 heteroatoms. The van der Waals surface area contributed by atoms with Crippen LogP contribution in [-0.2, 0) is 15.5 Å². The molecule has 33 heavy (non-hydrogen) atoms. The molecule has 0 saturated carbocycles. The van der Waals surface area contributed by atoms with Crippen molar-refractivity contribution in [2.24, 2.45) is 5.90 Å². The smallest absolute Gasteiger partial charge is 0.233 e. The Morgan fingerprint density at radius 3 is 2.30 bits per heavy atom. The van der Waals surface area contributed by atoms with Crippen LogP contribution in [0.4, 0.5) is 13.2 Å². The maximum atomic E-state index is 13.5. The highest BCUT2D eigenvalue weighted by molar-refractivity contribution is 7.94. The predicted octanol–water partition coefficient (Wildman–Crippen LogP) is 6.69. The molecule has 0 unspecified atom stereocenters. The van der Waals surface area contributed by atoms with Gasteiger partial charge in [0.05, 0.1) is 23.4 Å². The molecule has 1 aromatic heterocycles. The van der Waals surface area contributed by atoms with E-state index in [1.165, 1.54) is 4.68 Å². The first-order valence-corrected chi connectivity index (χ1v) is 10.6. The molecule has 5 rings (SSSR count). The summed E-state index contributed by atoms with van der Waals surface area (Å²) in [6.07, 6.45) is -4.57. The van der Waals surface area contributed by atoms with Crippen molar-refractivity contribution in [2.75, 3.05) is 0 Å². The lowest BCUT2D eigenvalue weighted by atomic mass is 9.99. The summed E-state index contributed by atoms with van der Waals surface area (Å²) in [6.45, 7) is 0. The van der Waals surface area contributed by atoms with Gasteiger partial charge in [0.15, 0.2) is 5.69 Å². The third-order valence-electron chi connectivity index (χ3n) is 5.29. The highest BCUT2D eigenvalue weighted by Gasteiger charge is 2.35. The van der Waals surface area contributed by atoms with Crippen molar-refractivity contribution in [3.63, 3.8) is 0 Å². The zero-order valence-electron chi connectivity index (χ0n) is 16.9. The Morgan fingerprint density at radius 2 is 1.55 bits per heavy atom. The maximum Gasteiger partial charge on any atom is 0.435 e. The number of rotatable bonds is 5. The minimum atomic E-state index is -4.57. The molecule has 0 saturated heterocycles. The van der Waals surface area contributed by atoms with E-state index in [9.17, 15) is 13.2 Å². The van der Waals surface area contributed by atoms with Gasteiger partial charge < -0.3 is 0 Å². The van der Waals surface area contributed by atoms with Gasteiger partial charge in [0.1, 0.15) is 0 Å². The van der Waals surface area contributed by atoms with E-state index in [0.29, 0.717) is 21.8 Å². The van der Waals surface area contributed by atoms with Crippen molar-refractivity contribution in [3.8, 4) is 16.9 Å². The largest absolute Gasteiger partial charge is 0.435 e. The van der Waals surface area contributed by atoms with Gasteiger partial charge in [-0.1, -0.05) is 48.5 Å². The number of fused-ring (bicyclic) bond motifs is 3. The molecule has 1 heterocycles. The molecule has 5 aromatic rings. The first-order chi connectivity index (χ1) is 15.9. The summed E-state index contributed by atoms with van der Waals surface area (Å²) in [4.78, 5) is 4.72. The van der Waals surface area contributed by atoms with Gasteiger partial charge in [-0.3, -0.25) is 0 Å². The summed E-state index contributed by atoms with van der Waals surface area (Å²) in [5, 5.41) is 8.00. The highest BCUT2D eigenvalue weighted by atomic mass is 32.2. The van der Waals surface area contributed by atoms with Crippen LogP contribution < -0.4 is 5.90 Å². The fourth-order valence-electron chi connectivity index (χ4n) is 3.80. The van der Waals surface area contributed by atoms with Crippen LogP contribution in [0.15, 0.2) is 89.8 Å². The van der Waals surface area contributed by atoms with Gasteiger partial charge in [0.2, 0.25) is 0 Å². The Kier molecular flexibility index (Phi) is 5.55. The molecule has 0 amide bonds. The average molecular weight is 467 g/mol. The quantitative estimate of drug-likeness (QED) is 0.135. The Labute approximate surface area is 190 Å². The summed E-state index contributed by atoms with van der Waals surface area (Å²) in [6, 6.07) is 25.3. The van der Waals surface area contributed by atoms with Crippen LogP contribution in [0.25, 0.3) is 38.5 Å². The van der Waals surface area contributed by atoms with E-state index in [0.717, 1.165) is 39.7 Å². The van der Waals surface area contributed by atoms with E-state index in [2.05, 4.69) is 14.4 Å². The second-order valence-corrected chi connectivity index (χ2v) is 8.06. The SMILES string of the molecule is NOOSc1ccc(-n2nc(C(F)(F)F)cc2-c2ccc3c(ccc4ccccc43)c2)cc1. The van der Waals surface area contributed by atoms with Crippen molar-refractivity contribution < 1.29 is 22.5 Å². The Balaban J connectivity index is 1.63. The average Bonchev–Trinajstić information content (AvgIpc) is 3.29. The molecule has 0 atom stereocenters. The lowest BCUT2D eigenvalue weighted by Crippen LogP contribution is -2.07. The van der Waals surface area contributed by atoms with E-state index in [1.54, 1.807) is 24.3 Å². The van der Waals surface area contributed by atoms with Crippen molar-refractivity contribution in [3.05, 3.63) is 90.6 Å². The molecule has 0 spiro atoms. The third kappa shape index (κ3) is 4.19. The van der Waals surface area contributed by atoms with E-state index >= 15 is 0 Å². The molecular formula is C24H16F3N3O2S. The van der Waals surface area contributed by atoms with Crippen LogP contribution in [0.3, 0.4) is 0 Å². The van der Waals surface area contributed by atoms with Gasteiger partial charge in [-0.15, -0.1) is 9.32 Å². The molecule has 166 valence electrons. The van der Waals surface area contributed by atoms with Crippen molar-refractivity contribution >= 4 is 33.6 Å². The lowest BCUT2D eigenvalue weighted by molar-refractivity contribution is -0.195. The number of alkyl halides is 3. The number of benzene rings is 4. The van der Waals surface area contributed by atoms with Crippen LogP contribution in [0.1, 0.15) is 5.69 Å². The lowest BCUT2D eigenvalue weighted by Gasteiger charge is -2.10. The van der Waals surface area contributed by atoms with E-state index in [1.807, 2.05) is 54.6 Å². The normalized spacial score (nSPS) is 12.0. The minimum Gasteiger partial charge on any atom is -0.233 e. The molecule has 0 radical (unpaired) electrons. The van der Waals surface area contributed by atoms with Gasteiger partial charge in [-0.2, -0.15) is 24.2 Å². The number of hydrogen-bond donors (Lipinski definition) is 1. The molecule has 0 aliphatic carbocycles. The molecule has 0 fully saturated rings. The topological polar surface area (TPSA) is 62.3 Å². The Bertz CT molecular complexity index is 1450. The van der Waals surface area contributed by atoms with Gasteiger partial charge in [-0.05, 0) is 57.9 Å². The van der Waals surface area contributed by atoms with E-state index in [-0.39, 0.29) is 0 Å². The highest BCUT2D eigenvalue weighted by Crippen LogP contribution is 2.35. The van der Waals surface area contributed by atoms with Crippen molar-refractivity contribution in [2.45, 2.75) is 11.1 Å². The number of halogens is 3. The standard InChI is InChI=1S/C24H16F3N3O2S/c25-24(26,27)23-14-22(30(29-23)18-8-10-19(11-9-18)33-32-31-28)17-7-12-21-16(13-17)6-5-15-3-1-2-4-20(15)21/h1-14H,28H2. The molecular weight excluding hydrogens is 451 g/mol. The monoisotopic (exact) mass is 467 g/mol. The van der Waals surface area contributed by atoms with Gasteiger partial charge in [0.25, 0.3) is 0 Å². The molecule has 2 N–H and O–H groups in total. The van der Waals surface area contributed by atoms with Crippen LogP contribution in [0, 0.1) is 0 Å². The summed E-state index contributed by atoms with van der Waals surface area (Å²) >= 11 is 0.880. The number of aromatic nitrogens is 2. The molecule has 0 aliphatic rings. The minimum absolute atomic E-state index is 0.333. The number of nitrogens with zero attached hydrogens (tertiary/aromatic N) is 2. The first-order valence-electron chi connectivity index (χ1n) is 9.84. The summed E-state index contributed by atoms with van der Waals surface area (Å²) in [5.41, 5.74) is 0.463. The molecule has 0 bridgehead atoms. The van der Waals surface area contributed by atoms with E-state index < -0.39 is 11.9 Å². The Morgan fingerprint density at radius 1 is 0.818 bits per heavy atom. The van der Waals surface area contributed by atoms with Crippen LogP contribution in [-0.4, -0.2) is 9.78 Å². The van der Waals surface area contributed by atoms with Crippen LogP contribution in [0.5, 0.6) is 0 Å². The zero-order chi connectivity index (χ0) is 23.0. The maximum absolute atomic E-state index is 13.5. The third-order valence-corrected chi connectivity index (χ3v) is 5.90. The van der Waals surface area contributed by atoms with Gasteiger partial charge in [-0.25, -0.2) is 4.68 Å². The fraction of sp³-hybridized carbons (Fsp3) is 0.0417. The fourth-order valence-corrected chi connectivity index (χ4v) is 4.16. The molecule has 5 nitrogen and oxygen atoms in total. The second kappa shape index (κ2) is 8.53.